The van der Waals surface area contributed by atoms with Crippen molar-refractivity contribution in [1.82, 2.24) is 20.9 Å². The van der Waals surface area contributed by atoms with Crippen LogP contribution < -0.4 is 31.1 Å². The van der Waals surface area contributed by atoms with Crippen LogP contribution in [-0.4, -0.2) is 119 Å². The lowest BCUT2D eigenvalue weighted by Gasteiger charge is -2.34. The van der Waals surface area contributed by atoms with Crippen LogP contribution in [-0.2, 0) is 46.3 Å². The molecular formula is C45H51N7O9S. The highest BCUT2D eigenvalue weighted by Crippen LogP contribution is 2.43. The summed E-state index contributed by atoms with van der Waals surface area (Å²) in [7, 11) is 1.78. The molecule has 3 aliphatic rings. The molecule has 1 saturated heterocycles. The molecule has 5 N–H and O–H groups in total. The van der Waals surface area contributed by atoms with Gasteiger partial charge in [-0.2, -0.15) is 0 Å². The number of thiophene rings is 1. The number of amides is 4. The molecule has 3 aliphatic heterocycles. The monoisotopic (exact) mass is 865 g/mol. The van der Waals surface area contributed by atoms with Gasteiger partial charge >= 0.3 is 0 Å². The van der Waals surface area contributed by atoms with Crippen molar-refractivity contribution in [2.45, 2.75) is 51.2 Å². The number of carbonyl (C=O) groups excluding carboxylic acids is 4. The molecule has 2 unspecified atom stereocenters. The number of nitrogens with one attached hydrogen (secondary N) is 4. The minimum atomic E-state index is -1.02. The zero-order chi connectivity index (χ0) is 43.2. The molecule has 0 spiro atoms. The summed E-state index contributed by atoms with van der Waals surface area (Å²) in [5, 5.41) is 24.8. The van der Waals surface area contributed by atoms with Crippen LogP contribution in [0, 0.1) is 0 Å². The van der Waals surface area contributed by atoms with Crippen LogP contribution in [0.15, 0.2) is 66.7 Å². The number of para-hydroxylation sites is 1. The number of ether oxygens (including phenoxy) is 4. The Morgan fingerprint density at radius 1 is 0.935 bits per heavy atom. The summed E-state index contributed by atoms with van der Waals surface area (Å²) in [6.45, 7) is 5.50. The zero-order valence-electron chi connectivity index (χ0n) is 34.7. The number of piperidine rings is 1. The van der Waals surface area contributed by atoms with E-state index in [2.05, 4.69) is 27.3 Å². The number of pyridine rings is 1. The molecule has 1 fully saturated rings. The predicted octanol–water partition coefficient (Wildman–Crippen LogP) is 3.92. The van der Waals surface area contributed by atoms with Crippen molar-refractivity contribution in [2.75, 3.05) is 81.6 Å². The number of hydrogen-bond donors (Lipinski definition) is 5. The molecule has 17 heteroatoms. The Hall–Kier alpha value is -5.69. The zero-order valence-corrected chi connectivity index (χ0v) is 35.6. The number of aliphatic hydroxyl groups is 1. The number of imide groups is 1. The van der Waals surface area contributed by atoms with Gasteiger partial charge < -0.3 is 49.8 Å². The lowest BCUT2D eigenvalue weighted by atomic mass is 10.0. The quantitative estimate of drug-likeness (QED) is 0.0630. The molecule has 2 aromatic heterocycles. The van der Waals surface area contributed by atoms with Gasteiger partial charge in [0.2, 0.25) is 24.1 Å². The van der Waals surface area contributed by atoms with Crippen LogP contribution in [0.1, 0.15) is 40.6 Å². The van der Waals surface area contributed by atoms with E-state index >= 15 is 0 Å². The van der Waals surface area contributed by atoms with E-state index in [0.29, 0.717) is 70.4 Å². The number of nitrogens with zero attached hydrogens (tertiary/aromatic N) is 3. The highest BCUT2D eigenvalue weighted by Gasteiger charge is 2.42. The Kier molecular flexibility index (Phi) is 13.6. The normalized spacial score (nSPS) is 18.6. The van der Waals surface area contributed by atoms with Gasteiger partial charge in [-0.15, -0.1) is 11.3 Å². The second-order valence-electron chi connectivity index (χ2n) is 15.5. The second kappa shape index (κ2) is 19.6. The number of aromatic nitrogens is 1. The minimum absolute atomic E-state index is 0.0346. The number of rotatable bonds is 18. The molecule has 3 aromatic carbocycles. The number of hydrogen-bond acceptors (Lipinski definition) is 14. The third kappa shape index (κ3) is 9.52. The van der Waals surface area contributed by atoms with Crippen LogP contribution in [0.25, 0.3) is 32.2 Å². The molecule has 3 atom stereocenters. The molecule has 16 nitrogen and oxygen atoms in total. The smallest absolute Gasteiger partial charge is 0.263 e. The molecule has 0 saturated carbocycles. The summed E-state index contributed by atoms with van der Waals surface area (Å²) in [6, 6.07) is 21.1. The average molecular weight is 866 g/mol. The topological polar surface area (TPSA) is 193 Å². The van der Waals surface area contributed by atoms with Gasteiger partial charge in [-0.25, -0.2) is 4.98 Å². The molecule has 0 radical (unpaired) electrons. The van der Waals surface area contributed by atoms with Crippen molar-refractivity contribution >= 4 is 73.0 Å². The van der Waals surface area contributed by atoms with Crippen molar-refractivity contribution in [3.05, 3.63) is 82.7 Å². The molecule has 0 aliphatic carbocycles. The Labute approximate surface area is 362 Å². The summed E-state index contributed by atoms with van der Waals surface area (Å²) >= 11 is 1.49. The lowest BCUT2D eigenvalue weighted by Crippen LogP contribution is -2.56. The number of aliphatic hydroxyl groups excluding tert-OH is 1. The summed E-state index contributed by atoms with van der Waals surface area (Å²) < 4.78 is 23.5. The first-order valence-electron chi connectivity index (χ1n) is 20.9. The van der Waals surface area contributed by atoms with Gasteiger partial charge in [0.1, 0.15) is 17.5 Å². The predicted molar refractivity (Wildman–Crippen MR) is 236 cm³/mol. The van der Waals surface area contributed by atoms with E-state index in [9.17, 15) is 24.3 Å². The summed E-state index contributed by atoms with van der Waals surface area (Å²) in [5.41, 5.74) is 6.96. The minimum Gasteiger partial charge on any atom is -0.381 e. The second-order valence-corrected chi connectivity index (χ2v) is 16.5. The number of fused-ring (bicyclic) bond motifs is 6. The highest BCUT2D eigenvalue weighted by atomic mass is 32.1. The summed E-state index contributed by atoms with van der Waals surface area (Å²) in [6.07, 6.45) is 0.154. The average Bonchev–Trinajstić information content (AvgIpc) is 3.73. The van der Waals surface area contributed by atoms with Gasteiger partial charge in [-0.1, -0.05) is 30.3 Å². The maximum atomic E-state index is 12.8. The van der Waals surface area contributed by atoms with Gasteiger partial charge in [-0.05, 0) is 67.3 Å². The largest absolute Gasteiger partial charge is 0.381 e. The van der Waals surface area contributed by atoms with Gasteiger partial charge in [-0.3, -0.25) is 24.5 Å². The molecule has 4 amide bonds. The maximum absolute atomic E-state index is 12.8. The molecule has 5 aromatic rings. The first kappa shape index (κ1) is 43.0. The van der Waals surface area contributed by atoms with E-state index in [1.54, 1.807) is 16.8 Å². The number of carbonyl (C=O) groups is 4. The van der Waals surface area contributed by atoms with Crippen molar-refractivity contribution in [2.24, 2.45) is 0 Å². The standard InChI is InChI=1S/C45H51N7O9S/c1-27-24-47-40-39-31-9-10-32(49-33(31)11-13-36(39)62-42(40)44(56)48-27)30-7-3-5-28(23-30)25-46-38(54)26-61-22-21-60-20-19-59-18-17-58-16-15-29-6-4-8-34-41(29)51(2)45(57)52(34)35-12-14-37(53)50-43(35)55/h3-11,13,23,27,35,45,47,57H,12,14-22,24-26H2,1-2H3,(H,46,54)(H,48,56)(H,50,53,55)/t27-,35?,45?/m1/s1. The third-order valence-corrected chi connectivity index (χ3v) is 12.3. The summed E-state index contributed by atoms with van der Waals surface area (Å²) in [5.74, 6) is -0.978. The molecule has 62 heavy (non-hydrogen) atoms. The number of benzene rings is 3. The van der Waals surface area contributed by atoms with E-state index < -0.39 is 18.3 Å². The van der Waals surface area contributed by atoms with E-state index in [1.165, 1.54) is 11.3 Å². The van der Waals surface area contributed by atoms with E-state index in [-0.39, 0.29) is 43.4 Å². The van der Waals surface area contributed by atoms with Crippen molar-refractivity contribution in [3.63, 3.8) is 0 Å². The summed E-state index contributed by atoms with van der Waals surface area (Å²) in [4.78, 5) is 58.6. The Bertz CT molecular complexity index is 2460. The van der Waals surface area contributed by atoms with Crippen molar-refractivity contribution in [1.29, 1.82) is 0 Å². The first-order valence-corrected chi connectivity index (χ1v) is 21.7. The van der Waals surface area contributed by atoms with Crippen LogP contribution in [0.5, 0.6) is 0 Å². The molecule has 326 valence electrons. The van der Waals surface area contributed by atoms with Crippen molar-refractivity contribution in [3.8, 4) is 11.3 Å². The fourth-order valence-corrected chi connectivity index (χ4v) is 9.18. The fourth-order valence-electron chi connectivity index (χ4n) is 8.08. The first-order chi connectivity index (χ1) is 30.2. The van der Waals surface area contributed by atoms with Gasteiger partial charge in [0.05, 0.1) is 74.5 Å². The lowest BCUT2D eigenvalue weighted by molar-refractivity contribution is -0.134. The van der Waals surface area contributed by atoms with Crippen molar-refractivity contribution < 1.29 is 43.2 Å². The van der Waals surface area contributed by atoms with Gasteiger partial charge in [0.15, 0.2) is 0 Å². The van der Waals surface area contributed by atoms with Gasteiger partial charge in [0, 0.05) is 53.6 Å². The molecule has 5 heterocycles. The van der Waals surface area contributed by atoms with Crippen LogP contribution >= 0.6 is 11.3 Å². The number of anilines is 3. The Morgan fingerprint density at radius 2 is 1.69 bits per heavy atom. The van der Waals surface area contributed by atoms with Crippen LogP contribution in [0.3, 0.4) is 0 Å². The molecular weight excluding hydrogens is 815 g/mol. The SMILES string of the molecule is C[C@@H]1CNc2c(sc3ccc4nc(-c5cccc(CNC(=O)COCCOCCOCCOCCc6cccc7c6N(C)C(O)N7C6CCC(=O)NC6=O)c5)ccc4c23)C(=O)N1. The van der Waals surface area contributed by atoms with Crippen LogP contribution in [0.2, 0.25) is 0 Å². The molecule has 8 rings (SSSR count). The molecule has 0 bridgehead atoms. The van der Waals surface area contributed by atoms with E-state index in [0.717, 1.165) is 60.4 Å². The highest BCUT2D eigenvalue weighted by molar-refractivity contribution is 7.21. The van der Waals surface area contributed by atoms with E-state index in [4.69, 9.17) is 23.9 Å². The van der Waals surface area contributed by atoms with Gasteiger partial charge in [0.25, 0.3) is 5.91 Å². The third-order valence-electron chi connectivity index (χ3n) is 11.1. The fraction of sp³-hybridized carbons (Fsp3) is 0.400. The Morgan fingerprint density at radius 3 is 2.48 bits per heavy atom. The Balaban J connectivity index is 0.692. The van der Waals surface area contributed by atoms with E-state index in [1.807, 2.05) is 67.6 Å². The van der Waals surface area contributed by atoms with Crippen LogP contribution in [0.4, 0.5) is 17.1 Å². The maximum Gasteiger partial charge on any atom is 0.263 e.